The van der Waals surface area contributed by atoms with Crippen LogP contribution in [0.15, 0.2) is 40.9 Å². The lowest BCUT2D eigenvalue weighted by atomic mass is 10.1. The molecule has 1 aliphatic carbocycles. The molecule has 1 saturated carbocycles. The predicted octanol–water partition coefficient (Wildman–Crippen LogP) is 3.47. The molecule has 1 aliphatic rings. The van der Waals surface area contributed by atoms with Crippen LogP contribution in [0.25, 0.3) is 10.9 Å². The van der Waals surface area contributed by atoms with Gasteiger partial charge in [0.1, 0.15) is 5.52 Å². The zero-order valence-corrected chi connectivity index (χ0v) is 14.7. The first-order valence-electron chi connectivity index (χ1n) is 8.77. The van der Waals surface area contributed by atoms with E-state index in [1.54, 1.807) is 12.1 Å². The van der Waals surface area contributed by atoms with Crippen molar-refractivity contribution in [2.45, 2.75) is 12.8 Å². The van der Waals surface area contributed by atoms with E-state index in [9.17, 15) is 14.7 Å². The van der Waals surface area contributed by atoms with Gasteiger partial charge in [0.15, 0.2) is 0 Å². The van der Waals surface area contributed by atoms with Crippen molar-refractivity contribution in [1.82, 2.24) is 5.16 Å². The van der Waals surface area contributed by atoms with Gasteiger partial charge >= 0.3 is 5.97 Å². The van der Waals surface area contributed by atoms with Gasteiger partial charge in [-0.15, -0.1) is 0 Å². The molecule has 2 aromatic carbocycles. The second-order valence-electron chi connectivity index (χ2n) is 6.70. The summed E-state index contributed by atoms with van der Waals surface area (Å²) in [5, 5.41) is 28.6. The minimum Gasteiger partial charge on any atom is -0.478 e. The minimum atomic E-state index is -1.25. The molecule has 1 fully saturated rings. The van der Waals surface area contributed by atoms with E-state index in [-0.39, 0.29) is 22.6 Å². The number of nitriles is 1. The monoisotopic (exact) mass is 376 g/mol. The van der Waals surface area contributed by atoms with Crippen molar-refractivity contribution in [2.24, 2.45) is 5.92 Å². The first-order chi connectivity index (χ1) is 13.5. The predicted molar refractivity (Wildman–Crippen MR) is 101 cm³/mol. The van der Waals surface area contributed by atoms with E-state index in [1.165, 1.54) is 31.0 Å². The molecule has 8 nitrogen and oxygen atoms in total. The van der Waals surface area contributed by atoms with Crippen molar-refractivity contribution in [3.8, 4) is 6.07 Å². The zero-order valence-electron chi connectivity index (χ0n) is 14.7. The van der Waals surface area contributed by atoms with Gasteiger partial charge in [-0.3, -0.25) is 4.79 Å². The second-order valence-corrected chi connectivity index (χ2v) is 6.70. The van der Waals surface area contributed by atoms with Crippen LogP contribution in [0, 0.1) is 17.2 Å². The van der Waals surface area contributed by atoms with Crippen molar-refractivity contribution in [2.75, 3.05) is 17.2 Å². The van der Waals surface area contributed by atoms with Crippen LogP contribution in [0.5, 0.6) is 0 Å². The zero-order chi connectivity index (χ0) is 19.7. The molecular weight excluding hydrogens is 360 g/mol. The largest absolute Gasteiger partial charge is 0.478 e. The lowest BCUT2D eigenvalue weighted by Crippen LogP contribution is -2.14. The van der Waals surface area contributed by atoms with E-state index in [4.69, 9.17) is 9.78 Å². The summed E-state index contributed by atoms with van der Waals surface area (Å²) in [6.07, 6.45) is 2.46. The summed E-state index contributed by atoms with van der Waals surface area (Å²) in [5.41, 5.74) is 1.47. The van der Waals surface area contributed by atoms with Gasteiger partial charge in [0.25, 0.3) is 5.91 Å². The van der Waals surface area contributed by atoms with Crippen LogP contribution in [-0.4, -0.2) is 28.7 Å². The number of hydrogen-bond acceptors (Lipinski definition) is 6. The summed E-state index contributed by atoms with van der Waals surface area (Å²) in [7, 11) is 0. The fraction of sp³-hybridized carbons (Fsp3) is 0.200. The van der Waals surface area contributed by atoms with Crippen LogP contribution in [0.4, 0.5) is 11.4 Å². The maximum atomic E-state index is 12.7. The third-order valence-corrected chi connectivity index (χ3v) is 4.60. The van der Waals surface area contributed by atoms with E-state index in [0.29, 0.717) is 16.8 Å². The van der Waals surface area contributed by atoms with Crippen molar-refractivity contribution in [3.63, 3.8) is 0 Å². The fourth-order valence-corrected chi connectivity index (χ4v) is 2.88. The highest BCUT2D eigenvalue weighted by Crippen LogP contribution is 2.30. The number of nitrogens with zero attached hydrogens (tertiary/aromatic N) is 2. The van der Waals surface area contributed by atoms with Crippen LogP contribution in [0.3, 0.4) is 0 Å². The number of hydrogen-bond donors (Lipinski definition) is 3. The number of benzene rings is 2. The molecule has 140 valence electrons. The van der Waals surface area contributed by atoms with Crippen LogP contribution in [0.2, 0.25) is 0 Å². The average molecular weight is 376 g/mol. The van der Waals surface area contributed by atoms with Crippen LogP contribution in [-0.2, 0) is 0 Å². The summed E-state index contributed by atoms with van der Waals surface area (Å²) in [6.45, 7) is 0.880. The Kier molecular flexibility index (Phi) is 4.41. The molecule has 1 aromatic heterocycles. The van der Waals surface area contributed by atoms with Gasteiger partial charge in [0, 0.05) is 12.2 Å². The summed E-state index contributed by atoms with van der Waals surface area (Å²) in [5.74, 6) is -1.17. The number of carbonyl (C=O) groups excluding carboxylic acids is 1. The van der Waals surface area contributed by atoms with E-state index >= 15 is 0 Å². The van der Waals surface area contributed by atoms with Gasteiger partial charge in [-0.25, -0.2) is 4.79 Å². The van der Waals surface area contributed by atoms with Gasteiger partial charge in [0.2, 0.25) is 5.76 Å². The van der Waals surface area contributed by atoms with Crippen molar-refractivity contribution < 1.29 is 19.2 Å². The third kappa shape index (κ3) is 3.50. The van der Waals surface area contributed by atoms with Crippen molar-refractivity contribution >= 4 is 34.2 Å². The Bertz CT molecular complexity index is 1120. The molecule has 0 unspecified atom stereocenters. The Balaban J connectivity index is 1.61. The highest BCUT2D eigenvalue weighted by atomic mass is 16.5. The SMILES string of the molecule is N#Cc1ccc(NC(=O)c2onc3ccc(NCC4CC4)cc23)c(C(=O)O)c1. The Labute approximate surface area is 159 Å². The van der Waals surface area contributed by atoms with Gasteiger partial charge in [0.05, 0.1) is 28.3 Å². The molecule has 3 N–H and O–H groups in total. The summed E-state index contributed by atoms with van der Waals surface area (Å²) < 4.78 is 5.20. The lowest BCUT2D eigenvalue weighted by Gasteiger charge is -2.08. The van der Waals surface area contributed by atoms with E-state index in [0.717, 1.165) is 12.2 Å². The minimum absolute atomic E-state index is 0.00855. The standard InChI is InChI=1S/C20H16N4O4/c21-9-12-3-5-16(15(7-12)20(26)27)23-19(25)18-14-8-13(22-10-11-1-2-11)4-6-17(14)24-28-18/h3-8,11,22H,1-2,10H2,(H,23,25)(H,26,27). The molecule has 0 bridgehead atoms. The number of carbonyl (C=O) groups is 2. The molecule has 0 spiro atoms. The Morgan fingerprint density at radius 1 is 1.25 bits per heavy atom. The van der Waals surface area contributed by atoms with E-state index < -0.39 is 11.9 Å². The van der Waals surface area contributed by atoms with Crippen LogP contribution in [0.1, 0.15) is 39.3 Å². The van der Waals surface area contributed by atoms with Gasteiger partial charge in [-0.05, 0) is 55.2 Å². The molecule has 28 heavy (non-hydrogen) atoms. The summed E-state index contributed by atoms with van der Waals surface area (Å²) >= 11 is 0. The van der Waals surface area contributed by atoms with Gasteiger partial charge in [-0.2, -0.15) is 5.26 Å². The van der Waals surface area contributed by atoms with Gasteiger partial charge in [-0.1, -0.05) is 5.16 Å². The van der Waals surface area contributed by atoms with Crippen molar-refractivity contribution in [3.05, 3.63) is 53.3 Å². The third-order valence-electron chi connectivity index (χ3n) is 4.60. The first kappa shape index (κ1) is 17.5. The molecule has 8 heteroatoms. The number of amides is 1. The number of carboxylic acids is 1. The van der Waals surface area contributed by atoms with E-state index in [2.05, 4.69) is 15.8 Å². The second kappa shape index (κ2) is 7.04. The highest BCUT2D eigenvalue weighted by Gasteiger charge is 2.22. The van der Waals surface area contributed by atoms with Crippen LogP contribution < -0.4 is 10.6 Å². The molecule has 0 atom stereocenters. The Hall–Kier alpha value is -3.86. The van der Waals surface area contributed by atoms with E-state index in [1.807, 2.05) is 12.1 Å². The lowest BCUT2D eigenvalue weighted by molar-refractivity contribution is 0.0698. The van der Waals surface area contributed by atoms with Gasteiger partial charge < -0.3 is 20.3 Å². The van der Waals surface area contributed by atoms with Crippen LogP contribution >= 0.6 is 0 Å². The summed E-state index contributed by atoms with van der Waals surface area (Å²) in [6, 6.07) is 11.3. The number of anilines is 2. The summed E-state index contributed by atoms with van der Waals surface area (Å²) in [4.78, 5) is 24.1. The molecule has 1 amide bonds. The smallest absolute Gasteiger partial charge is 0.337 e. The fourth-order valence-electron chi connectivity index (χ4n) is 2.88. The maximum absolute atomic E-state index is 12.7. The number of nitrogens with one attached hydrogen (secondary N) is 2. The normalized spacial score (nSPS) is 13.1. The quantitative estimate of drug-likeness (QED) is 0.601. The number of rotatable bonds is 6. The topological polar surface area (TPSA) is 128 Å². The average Bonchev–Trinajstić information content (AvgIpc) is 3.43. The molecular formula is C20H16N4O4. The molecule has 0 saturated heterocycles. The molecule has 3 aromatic rings. The highest BCUT2D eigenvalue weighted by molar-refractivity contribution is 6.12. The number of fused-ring (bicyclic) bond motifs is 1. The number of aromatic carboxylic acids is 1. The molecule has 0 radical (unpaired) electrons. The maximum Gasteiger partial charge on any atom is 0.337 e. The number of aromatic nitrogens is 1. The molecule has 0 aliphatic heterocycles. The Morgan fingerprint density at radius 3 is 2.79 bits per heavy atom. The molecule has 1 heterocycles. The Morgan fingerprint density at radius 2 is 2.07 bits per heavy atom. The first-order valence-corrected chi connectivity index (χ1v) is 8.77. The molecule has 4 rings (SSSR count). The van der Waals surface area contributed by atoms with Crippen molar-refractivity contribution in [1.29, 1.82) is 5.26 Å². The number of carboxylic acid groups (broad SMARTS) is 1.